The number of hydrogen-bond acceptors (Lipinski definition) is 4. The van der Waals surface area contributed by atoms with Crippen molar-refractivity contribution in [2.45, 2.75) is 50.7 Å². The minimum absolute atomic E-state index is 0.116. The molecule has 0 amide bonds. The van der Waals surface area contributed by atoms with Gasteiger partial charge in [-0.05, 0) is 30.4 Å². The molecule has 144 valence electrons. The molecule has 1 N–H and O–H groups in total. The molecule has 0 radical (unpaired) electrons. The van der Waals surface area contributed by atoms with Crippen LogP contribution in [0.3, 0.4) is 0 Å². The van der Waals surface area contributed by atoms with Gasteiger partial charge in [0.2, 0.25) is 0 Å². The number of esters is 1. The molecule has 1 fully saturated rings. The standard InChI is InChI=1S/C23H28O4/c1-26-23(25)21(22(24)18-12-6-3-7-13-18)19-14-8-9-15-20(19)27-16-17-10-4-2-5-11-17/h2,4-5,8-11,14-15,18,21-22,24H,3,6-7,12-13,16H2,1H3. The van der Waals surface area contributed by atoms with E-state index in [4.69, 9.17) is 9.47 Å². The zero-order valence-electron chi connectivity index (χ0n) is 15.8. The Labute approximate surface area is 161 Å². The van der Waals surface area contributed by atoms with Gasteiger partial charge in [0.15, 0.2) is 0 Å². The summed E-state index contributed by atoms with van der Waals surface area (Å²) in [7, 11) is 1.37. The van der Waals surface area contributed by atoms with Gasteiger partial charge < -0.3 is 14.6 Å². The molecule has 1 saturated carbocycles. The Bertz CT molecular complexity index is 722. The molecule has 0 saturated heterocycles. The van der Waals surface area contributed by atoms with Gasteiger partial charge >= 0.3 is 5.97 Å². The van der Waals surface area contributed by atoms with Gasteiger partial charge in [0.05, 0.1) is 13.2 Å². The predicted molar refractivity (Wildman–Crippen MR) is 105 cm³/mol. The van der Waals surface area contributed by atoms with Crippen LogP contribution < -0.4 is 4.74 Å². The van der Waals surface area contributed by atoms with E-state index in [0.29, 0.717) is 17.9 Å². The third kappa shape index (κ3) is 4.89. The molecule has 2 aromatic rings. The lowest BCUT2D eigenvalue weighted by Crippen LogP contribution is -2.34. The second kappa shape index (κ2) is 9.56. The van der Waals surface area contributed by atoms with E-state index in [2.05, 4.69) is 0 Å². The molecule has 0 aliphatic heterocycles. The van der Waals surface area contributed by atoms with Crippen molar-refractivity contribution in [1.82, 2.24) is 0 Å². The van der Waals surface area contributed by atoms with Crippen LogP contribution in [-0.2, 0) is 16.1 Å². The number of para-hydroxylation sites is 1. The topological polar surface area (TPSA) is 55.8 Å². The predicted octanol–water partition coefficient (Wildman–Crippen LogP) is 4.46. The second-order valence-electron chi connectivity index (χ2n) is 7.20. The Morgan fingerprint density at radius 1 is 1.04 bits per heavy atom. The van der Waals surface area contributed by atoms with Gasteiger partial charge in [-0.3, -0.25) is 4.79 Å². The first kappa shape index (κ1) is 19.4. The number of rotatable bonds is 7. The highest BCUT2D eigenvalue weighted by molar-refractivity contribution is 5.80. The Morgan fingerprint density at radius 2 is 1.70 bits per heavy atom. The number of aliphatic hydroxyl groups excluding tert-OH is 1. The van der Waals surface area contributed by atoms with Crippen LogP contribution in [0.2, 0.25) is 0 Å². The molecule has 27 heavy (non-hydrogen) atoms. The normalized spacial score (nSPS) is 17.1. The highest BCUT2D eigenvalue weighted by Crippen LogP contribution is 2.37. The van der Waals surface area contributed by atoms with Crippen molar-refractivity contribution in [2.75, 3.05) is 7.11 Å². The van der Waals surface area contributed by atoms with Gasteiger partial charge in [-0.2, -0.15) is 0 Å². The fraction of sp³-hybridized carbons (Fsp3) is 0.435. The van der Waals surface area contributed by atoms with Crippen molar-refractivity contribution in [3.8, 4) is 5.75 Å². The van der Waals surface area contributed by atoms with Gasteiger partial charge in [0.1, 0.15) is 18.3 Å². The van der Waals surface area contributed by atoms with E-state index in [1.165, 1.54) is 13.5 Å². The molecule has 4 nitrogen and oxygen atoms in total. The van der Waals surface area contributed by atoms with Crippen molar-refractivity contribution in [2.24, 2.45) is 5.92 Å². The average Bonchev–Trinajstić information content (AvgIpc) is 2.74. The van der Waals surface area contributed by atoms with Gasteiger partial charge in [0, 0.05) is 5.56 Å². The van der Waals surface area contributed by atoms with Crippen molar-refractivity contribution >= 4 is 5.97 Å². The third-order valence-electron chi connectivity index (χ3n) is 5.42. The first-order chi connectivity index (χ1) is 13.2. The smallest absolute Gasteiger partial charge is 0.315 e. The first-order valence-electron chi connectivity index (χ1n) is 9.72. The zero-order chi connectivity index (χ0) is 19.1. The van der Waals surface area contributed by atoms with Crippen molar-refractivity contribution in [3.63, 3.8) is 0 Å². The summed E-state index contributed by atoms with van der Waals surface area (Å²) >= 11 is 0. The zero-order valence-corrected chi connectivity index (χ0v) is 15.8. The number of ether oxygens (including phenoxy) is 2. The maximum Gasteiger partial charge on any atom is 0.315 e. The largest absolute Gasteiger partial charge is 0.489 e. The third-order valence-corrected chi connectivity index (χ3v) is 5.42. The highest BCUT2D eigenvalue weighted by Gasteiger charge is 2.37. The van der Waals surface area contributed by atoms with Crippen molar-refractivity contribution in [1.29, 1.82) is 0 Å². The maximum atomic E-state index is 12.6. The lowest BCUT2D eigenvalue weighted by Gasteiger charge is -2.31. The van der Waals surface area contributed by atoms with E-state index in [1.54, 1.807) is 0 Å². The van der Waals surface area contributed by atoms with Gasteiger partial charge in [-0.1, -0.05) is 67.8 Å². The van der Waals surface area contributed by atoms with Gasteiger partial charge in [-0.15, -0.1) is 0 Å². The Hall–Kier alpha value is -2.33. The molecule has 1 aliphatic carbocycles. The number of carbonyl (C=O) groups is 1. The summed E-state index contributed by atoms with van der Waals surface area (Å²) < 4.78 is 11.1. The molecule has 2 atom stereocenters. The molecule has 3 rings (SSSR count). The van der Waals surface area contributed by atoms with E-state index in [0.717, 1.165) is 31.2 Å². The SMILES string of the molecule is COC(=O)C(c1ccccc1OCc1ccccc1)C(O)C1CCCCC1. The van der Waals surface area contributed by atoms with Crippen LogP contribution in [0.15, 0.2) is 54.6 Å². The van der Waals surface area contributed by atoms with Crippen molar-refractivity contribution in [3.05, 3.63) is 65.7 Å². The minimum atomic E-state index is -0.765. The molecular formula is C23H28O4. The summed E-state index contributed by atoms with van der Waals surface area (Å²) in [6, 6.07) is 17.3. The van der Waals surface area contributed by atoms with E-state index >= 15 is 0 Å². The molecular weight excluding hydrogens is 340 g/mol. The Kier molecular flexibility index (Phi) is 6.88. The second-order valence-corrected chi connectivity index (χ2v) is 7.20. The lowest BCUT2D eigenvalue weighted by molar-refractivity contribution is -0.146. The molecule has 0 bridgehead atoms. The molecule has 0 spiro atoms. The lowest BCUT2D eigenvalue weighted by atomic mass is 9.78. The van der Waals surface area contributed by atoms with Crippen LogP contribution in [0.5, 0.6) is 5.75 Å². The summed E-state index contributed by atoms with van der Waals surface area (Å²) in [4.78, 5) is 12.6. The van der Waals surface area contributed by atoms with Crippen LogP contribution in [0.4, 0.5) is 0 Å². The minimum Gasteiger partial charge on any atom is -0.489 e. The molecule has 1 aliphatic rings. The van der Waals surface area contributed by atoms with Crippen LogP contribution >= 0.6 is 0 Å². The van der Waals surface area contributed by atoms with Crippen LogP contribution in [0.1, 0.15) is 49.1 Å². The molecule has 0 heterocycles. The number of hydrogen-bond donors (Lipinski definition) is 1. The average molecular weight is 368 g/mol. The van der Waals surface area contributed by atoms with E-state index in [9.17, 15) is 9.90 Å². The first-order valence-corrected chi connectivity index (χ1v) is 9.72. The fourth-order valence-electron chi connectivity index (χ4n) is 3.93. The molecule has 2 unspecified atom stereocenters. The van der Waals surface area contributed by atoms with Crippen molar-refractivity contribution < 1.29 is 19.4 Å². The van der Waals surface area contributed by atoms with Crippen LogP contribution in [0, 0.1) is 5.92 Å². The fourth-order valence-corrected chi connectivity index (χ4v) is 3.93. The Balaban J connectivity index is 1.84. The summed E-state index contributed by atoms with van der Waals surface area (Å²) in [6.07, 6.45) is 4.52. The van der Waals surface area contributed by atoms with Gasteiger partial charge in [0.25, 0.3) is 0 Å². The van der Waals surface area contributed by atoms with E-state index in [1.807, 2.05) is 54.6 Å². The van der Waals surface area contributed by atoms with E-state index in [-0.39, 0.29) is 5.92 Å². The number of carbonyl (C=O) groups excluding carboxylic acids is 1. The monoisotopic (exact) mass is 368 g/mol. The summed E-state index contributed by atoms with van der Waals surface area (Å²) in [5.41, 5.74) is 1.74. The summed E-state index contributed by atoms with van der Waals surface area (Å²) in [5, 5.41) is 11.0. The number of aliphatic hydroxyl groups is 1. The Morgan fingerprint density at radius 3 is 2.41 bits per heavy atom. The molecule has 4 heteroatoms. The molecule has 2 aromatic carbocycles. The quantitative estimate of drug-likeness (QED) is 0.733. The number of benzene rings is 2. The van der Waals surface area contributed by atoms with Crippen LogP contribution in [0.25, 0.3) is 0 Å². The molecule has 0 aromatic heterocycles. The number of methoxy groups -OCH3 is 1. The summed E-state index contributed by atoms with van der Waals surface area (Å²) in [5.74, 6) is -0.412. The van der Waals surface area contributed by atoms with Crippen LogP contribution in [-0.4, -0.2) is 24.3 Å². The maximum absolute atomic E-state index is 12.6. The highest BCUT2D eigenvalue weighted by atomic mass is 16.5. The van der Waals surface area contributed by atoms with E-state index < -0.39 is 18.0 Å². The van der Waals surface area contributed by atoms with Gasteiger partial charge in [-0.25, -0.2) is 0 Å². The summed E-state index contributed by atoms with van der Waals surface area (Å²) in [6.45, 7) is 0.408.